The van der Waals surface area contributed by atoms with E-state index in [4.69, 9.17) is 32.7 Å². The van der Waals surface area contributed by atoms with Crippen molar-refractivity contribution < 1.29 is 19.4 Å². The summed E-state index contributed by atoms with van der Waals surface area (Å²) in [6.45, 7) is 1.30. The highest BCUT2D eigenvalue weighted by atomic mass is 35.5. The fourth-order valence-corrected chi connectivity index (χ4v) is 1.92. The van der Waals surface area contributed by atoms with Crippen LogP contribution in [0.5, 0.6) is 17.2 Å². The summed E-state index contributed by atoms with van der Waals surface area (Å²) in [6.07, 6.45) is 0. The fourth-order valence-electron chi connectivity index (χ4n) is 1.64. The zero-order valence-corrected chi connectivity index (χ0v) is 15.3. The zero-order chi connectivity index (χ0) is 16.2. The Bertz CT molecular complexity index is 652. The Kier molecular flexibility index (Phi) is 7.14. The average molecular weight is 375 g/mol. The molecule has 2 aromatic carbocycles. The van der Waals surface area contributed by atoms with Gasteiger partial charge < -0.3 is 14.6 Å². The minimum atomic E-state index is -1.79. The Hall–Kier alpha value is -1.48. The summed E-state index contributed by atoms with van der Waals surface area (Å²) in [5, 5.41) is 9.31. The number of carboxylic acid groups (broad SMARTS) is 1. The summed E-state index contributed by atoms with van der Waals surface area (Å²) in [5.74, 6) is -0.0569. The Morgan fingerprint density at radius 3 is 2.09 bits per heavy atom. The van der Waals surface area contributed by atoms with Gasteiger partial charge in [-0.15, -0.1) is 23.2 Å². The van der Waals surface area contributed by atoms with Gasteiger partial charge in [0.15, 0.2) is 16.3 Å². The predicted molar refractivity (Wildman–Crippen MR) is 96.2 cm³/mol. The van der Waals surface area contributed by atoms with Crippen LogP contribution >= 0.6 is 33.1 Å². The molecule has 2 atom stereocenters. The number of benzene rings is 2. The Morgan fingerprint density at radius 1 is 1.04 bits per heavy atom. The van der Waals surface area contributed by atoms with Crippen LogP contribution in [-0.4, -0.2) is 21.5 Å². The minimum Gasteiger partial charge on any atom is -0.478 e. The van der Waals surface area contributed by atoms with Crippen molar-refractivity contribution in [1.29, 1.82) is 0 Å². The standard InChI is InChI=1S/C16H14Cl2O4.H3P/c1-16(14(17)18,15(19)20)22-13-10-6-5-9-12(13)21-11-7-3-2-4-8-11;/h2-10,14H,1H3,(H,19,20);1H3. The topological polar surface area (TPSA) is 55.8 Å². The van der Waals surface area contributed by atoms with Crippen LogP contribution in [0.3, 0.4) is 0 Å². The summed E-state index contributed by atoms with van der Waals surface area (Å²) in [6, 6.07) is 15.8. The molecule has 2 aromatic rings. The molecule has 0 saturated heterocycles. The maximum atomic E-state index is 11.4. The number of alkyl halides is 2. The highest BCUT2D eigenvalue weighted by Gasteiger charge is 2.43. The number of hydrogen-bond acceptors (Lipinski definition) is 3. The second-order valence-corrected chi connectivity index (χ2v) is 5.77. The van der Waals surface area contributed by atoms with Crippen molar-refractivity contribution in [2.75, 3.05) is 0 Å². The van der Waals surface area contributed by atoms with E-state index < -0.39 is 16.4 Å². The molecule has 0 saturated carbocycles. The molecule has 0 radical (unpaired) electrons. The van der Waals surface area contributed by atoms with Crippen LogP contribution in [0.4, 0.5) is 0 Å². The van der Waals surface area contributed by atoms with Crippen molar-refractivity contribution in [3.8, 4) is 17.2 Å². The van der Waals surface area contributed by atoms with Gasteiger partial charge in [0.05, 0.1) is 0 Å². The van der Waals surface area contributed by atoms with E-state index in [9.17, 15) is 9.90 Å². The molecule has 0 spiro atoms. The fraction of sp³-hybridized carbons (Fsp3) is 0.188. The first kappa shape index (κ1) is 19.6. The molecule has 7 heteroatoms. The molecule has 2 rings (SSSR count). The van der Waals surface area contributed by atoms with E-state index in [0.717, 1.165) is 0 Å². The lowest BCUT2D eigenvalue weighted by Gasteiger charge is -2.28. The van der Waals surface area contributed by atoms with Gasteiger partial charge in [0.1, 0.15) is 5.75 Å². The second kappa shape index (κ2) is 8.39. The third-order valence-electron chi connectivity index (χ3n) is 2.98. The van der Waals surface area contributed by atoms with Gasteiger partial charge in [-0.25, -0.2) is 4.79 Å². The Morgan fingerprint density at radius 2 is 1.57 bits per heavy atom. The summed E-state index contributed by atoms with van der Waals surface area (Å²) < 4.78 is 11.3. The third kappa shape index (κ3) is 4.74. The van der Waals surface area contributed by atoms with Gasteiger partial charge in [-0.05, 0) is 31.2 Å². The van der Waals surface area contributed by atoms with Crippen molar-refractivity contribution >= 4 is 39.1 Å². The van der Waals surface area contributed by atoms with E-state index in [1.54, 1.807) is 36.4 Å². The first-order valence-corrected chi connectivity index (χ1v) is 7.33. The first-order chi connectivity index (χ1) is 10.4. The van der Waals surface area contributed by atoms with Crippen molar-refractivity contribution in [3.63, 3.8) is 0 Å². The number of halogens is 2. The molecule has 0 heterocycles. The van der Waals surface area contributed by atoms with Gasteiger partial charge in [-0.3, -0.25) is 0 Å². The lowest BCUT2D eigenvalue weighted by atomic mass is 10.1. The van der Waals surface area contributed by atoms with Crippen molar-refractivity contribution in [2.45, 2.75) is 17.4 Å². The van der Waals surface area contributed by atoms with E-state index in [0.29, 0.717) is 11.5 Å². The van der Waals surface area contributed by atoms with Crippen LogP contribution in [0.1, 0.15) is 6.92 Å². The van der Waals surface area contributed by atoms with Crippen LogP contribution in [0.15, 0.2) is 54.6 Å². The molecule has 0 bridgehead atoms. The molecular weight excluding hydrogens is 358 g/mol. The number of hydrogen-bond donors (Lipinski definition) is 1. The highest BCUT2D eigenvalue weighted by Crippen LogP contribution is 2.36. The van der Waals surface area contributed by atoms with Gasteiger partial charge in [0.25, 0.3) is 0 Å². The van der Waals surface area contributed by atoms with E-state index in [-0.39, 0.29) is 15.6 Å². The van der Waals surface area contributed by atoms with Crippen molar-refractivity contribution in [3.05, 3.63) is 54.6 Å². The lowest BCUT2D eigenvalue weighted by molar-refractivity contribution is -0.152. The van der Waals surface area contributed by atoms with Gasteiger partial charge >= 0.3 is 5.97 Å². The molecule has 2 unspecified atom stereocenters. The summed E-state index contributed by atoms with van der Waals surface area (Å²) in [5.41, 5.74) is -1.79. The number of carboxylic acids is 1. The maximum absolute atomic E-state index is 11.4. The quantitative estimate of drug-likeness (QED) is 0.594. The first-order valence-electron chi connectivity index (χ1n) is 6.46. The molecule has 0 aliphatic rings. The van der Waals surface area contributed by atoms with Gasteiger partial charge in [0.2, 0.25) is 5.60 Å². The Balaban J connectivity index is 0.00000264. The minimum absolute atomic E-state index is 0. The van der Waals surface area contributed by atoms with Gasteiger partial charge in [-0.2, -0.15) is 9.90 Å². The second-order valence-electron chi connectivity index (χ2n) is 4.68. The normalized spacial score (nSPS) is 12.9. The zero-order valence-electron chi connectivity index (χ0n) is 12.4. The molecule has 124 valence electrons. The average Bonchev–Trinajstić information content (AvgIpc) is 2.49. The molecule has 0 aliphatic carbocycles. The Labute approximate surface area is 147 Å². The molecule has 0 amide bonds. The van der Waals surface area contributed by atoms with Crippen LogP contribution < -0.4 is 9.47 Å². The van der Waals surface area contributed by atoms with Gasteiger partial charge in [-0.1, -0.05) is 30.3 Å². The number of aliphatic carboxylic acids is 1. The molecule has 0 aliphatic heterocycles. The molecule has 1 N–H and O–H groups in total. The number of ether oxygens (including phenoxy) is 2. The van der Waals surface area contributed by atoms with Crippen LogP contribution in [-0.2, 0) is 4.79 Å². The molecule has 0 fully saturated rings. The highest BCUT2D eigenvalue weighted by molar-refractivity contribution is 6.92. The molecule has 23 heavy (non-hydrogen) atoms. The monoisotopic (exact) mass is 374 g/mol. The van der Waals surface area contributed by atoms with Crippen LogP contribution in [0.2, 0.25) is 0 Å². The molecule has 4 nitrogen and oxygen atoms in total. The molecular formula is C16H17Cl2O4P. The SMILES string of the molecule is CC(Oc1ccccc1Oc1ccccc1)(C(=O)O)C(Cl)Cl.P. The van der Waals surface area contributed by atoms with Crippen LogP contribution in [0.25, 0.3) is 0 Å². The summed E-state index contributed by atoms with van der Waals surface area (Å²) in [4.78, 5) is 10.1. The van der Waals surface area contributed by atoms with E-state index in [2.05, 4.69) is 0 Å². The van der Waals surface area contributed by atoms with Crippen molar-refractivity contribution in [2.24, 2.45) is 0 Å². The number of para-hydroxylation sites is 3. The maximum Gasteiger partial charge on any atom is 0.350 e. The smallest absolute Gasteiger partial charge is 0.350 e. The van der Waals surface area contributed by atoms with Crippen LogP contribution in [0, 0.1) is 0 Å². The van der Waals surface area contributed by atoms with E-state index >= 15 is 0 Å². The van der Waals surface area contributed by atoms with E-state index in [1.807, 2.05) is 18.2 Å². The predicted octanol–water partition coefficient (Wildman–Crippen LogP) is 4.56. The number of carbonyl (C=O) groups is 1. The third-order valence-corrected chi connectivity index (χ3v) is 3.82. The summed E-state index contributed by atoms with van der Waals surface area (Å²) >= 11 is 11.5. The number of rotatable bonds is 6. The van der Waals surface area contributed by atoms with Gasteiger partial charge in [0, 0.05) is 0 Å². The lowest BCUT2D eigenvalue weighted by Crippen LogP contribution is -2.47. The van der Waals surface area contributed by atoms with E-state index in [1.165, 1.54) is 6.92 Å². The van der Waals surface area contributed by atoms with Crippen molar-refractivity contribution in [1.82, 2.24) is 0 Å². The summed E-state index contributed by atoms with van der Waals surface area (Å²) in [7, 11) is 0. The molecule has 0 aromatic heterocycles. The largest absolute Gasteiger partial charge is 0.478 e.